The van der Waals surface area contributed by atoms with Gasteiger partial charge in [0.1, 0.15) is 11.8 Å². The number of nitrogens with zero attached hydrogens (tertiary/aromatic N) is 3. The van der Waals surface area contributed by atoms with Crippen LogP contribution in [0.3, 0.4) is 0 Å². The molecule has 0 aliphatic carbocycles. The normalized spacial score (nSPS) is 25.5. The number of rotatable bonds is 3. The fraction of sp³-hybridized carbons (Fsp3) is 0.400. The smallest absolute Gasteiger partial charge is 0.268 e. The van der Waals surface area contributed by atoms with E-state index in [2.05, 4.69) is 28.4 Å². The lowest BCUT2D eigenvalue weighted by Gasteiger charge is -2.35. The number of morpholine rings is 1. The molecule has 2 fully saturated rings. The summed E-state index contributed by atoms with van der Waals surface area (Å²) in [6.07, 6.45) is 2.65. The second-order valence-electron chi connectivity index (χ2n) is 7.08. The summed E-state index contributed by atoms with van der Waals surface area (Å²) in [7, 11) is 1.78. The first-order valence-electron chi connectivity index (χ1n) is 8.92. The molecule has 0 spiro atoms. The van der Waals surface area contributed by atoms with Crippen molar-refractivity contribution < 1.29 is 9.53 Å². The van der Waals surface area contributed by atoms with E-state index < -0.39 is 0 Å². The van der Waals surface area contributed by atoms with Gasteiger partial charge in [-0.2, -0.15) is 5.26 Å². The molecule has 2 saturated heterocycles. The highest BCUT2D eigenvalue weighted by Crippen LogP contribution is 2.30. The topological polar surface area (TPSA) is 70.3 Å². The van der Waals surface area contributed by atoms with Gasteiger partial charge in [-0.15, -0.1) is 0 Å². The maximum absolute atomic E-state index is 12.6. The summed E-state index contributed by atoms with van der Waals surface area (Å²) in [4.78, 5) is 15.0. The van der Waals surface area contributed by atoms with E-state index >= 15 is 0 Å². The molecular formula is C20H22N4O2. The summed E-state index contributed by atoms with van der Waals surface area (Å²) in [6.45, 7) is 2.37. The molecule has 1 N–H and O–H groups in total. The number of aromatic nitrogens is 1. The number of benzene rings is 1. The molecule has 1 aromatic carbocycles. The van der Waals surface area contributed by atoms with Gasteiger partial charge in [-0.3, -0.25) is 9.69 Å². The molecule has 6 nitrogen and oxygen atoms in total. The second kappa shape index (κ2) is 6.94. The van der Waals surface area contributed by atoms with Gasteiger partial charge in [0.2, 0.25) is 0 Å². The number of amides is 1. The Hall–Kier alpha value is -2.62. The molecule has 3 heterocycles. The highest BCUT2D eigenvalue weighted by molar-refractivity contribution is 5.93. The number of carbonyl (C=O) groups excluding carboxylic acids is 1. The molecule has 3 atom stereocenters. The van der Waals surface area contributed by atoms with E-state index in [4.69, 9.17) is 10.00 Å². The van der Waals surface area contributed by atoms with Gasteiger partial charge < -0.3 is 14.6 Å². The summed E-state index contributed by atoms with van der Waals surface area (Å²) in [6, 6.07) is 14.4. The van der Waals surface area contributed by atoms with Crippen LogP contribution >= 0.6 is 0 Å². The molecule has 2 aliphatic rings. The number of hydrogen-bond acceptors (Lipinski definition) is 4. The first kappa shape index (κ1) is 16.8. The SMILES string of the molecule is Cn1cc(C#N)cc1C(=O)N[C@H]1C[C@H]2CO[C@@H](c3ccccc3)CN2C1. The predicted octanol–water partition coefficient (Wildman–Crippen LogP) is 1.84. The molecule has 2 aliphatic heterocycles. The molecule has 0 unspecified atom stereocenters. The van der Waals surface area contributed by atoms with Crippen molar-refractivity contribution >= 4 is 5.91 Å². The van der Waals surface area contributed by atoms with Crippen LogP contribution in [0.5, 0.6) is 0 Å². The highest BCUT2D eigenvalue weighted by atomic mass is 16.5. The first-order chi connectivity index (χ1) is 12.6. The van der Waals surface area contributed by atoms with Crippen molar-refractivity contribution in [1.82, 2.24) is 14.8 Å². The predicted molar refractivity (Wildman–Crippen MR) is 96.5 cm³/mol. The van der Waals surface area contributed by atoms with Crippen LogP contribution < -0.4 is 5.32 Å². The van der Waals surface area contributed by atoms with Gasteiger partial charge >= 0.3 is 0 Å². The van der Waals surface area contributed by atoms with Crippen LogP contribution in [0.25, 0.3) is 0 Å². The van der Waals surface area contributed by atoms with Gasteiger partial charge in [0.05, 0.1) is 18.3 Å². The van der Waals surface area contributed by atoms with Gasteiger partial charge in [0.25, 0.3) is 5.91 Å². The van der Waals surface area contributed by atoms with Crippen LogP contribution in [0.2, 0.25) is 0 Å². The van der Waals surface area contributed by atoms with E-state index in [0.717, 1.165) is 19.5 Å². The molecule has 26 heavy (non-hydrogen) atoms. The van der Waals surface area contributed by atoms with Crippen molar-refractivity contribution in [1.29, 1.82) is 5.26 Å². The van der Waals surface area contributed by atoms with Crippen LogP contribution in [0.1, 0.15) is 34.1 Å². The number of nitrogens with one attached hydrogen (secondary N) is 1. The molecule has 4 rings (SSSR count). The van der Waals surface area contributed by atoms with Crippen molar-refractivity contribution in [2.75, 3.05) is 19.7 Å². The van der Waals surface area contributed by atoms with Crippen molar-refractivity contribution in [3.05, 3.63) is 59.4 Å². The van der Waals surface area contributed by atoms with Gasteiger partial charge in [-0.25, -0.2) is 0 Å². The van der Waals surface area contributed by atoms with Gasteiger partial charge in [-0.1, -0.05) is 30.3 Å². The minimum atomic E-state index is -0.126. The number of hydrogen-bond donors (Lipinski definition) is 1. The number of nitriles is 1. The van der Waals surface area contributed by atoms with E-state index in [9.17, 15) is 4.79 Å². The molecule has 0 radical (unpaired) electrons. The molecular weight excluding hydrogens is 328 g/mol. The number of fused-ring (bicyclic) bond motifs is 1. The third-order valence-corrected chi connectivity index (χ3v) is 5.29. The Morgan fingerprint density at radius 1 is 1.31 bits per heavy atom. The zero-order valence-corrected chi connectivity index (χ0v) is 14.8. The number of aryl methyl sites for hydroxylation is 1. The fourth-order valence-electron chi connectivity index (χ4n) is 3.96. The third-order valence-electron chi connectivity index (χ3n) is 5.29. The van der Waals surface area contributed by atoms with Crippen molar-refractivity contribution in [3.8, 4) is 6.07 Å². The lowest BCUT2D eigenvalue weighted by Crippen LogP contribution is -2.43. The zero-order valence-electron chi connectivity index (χ0n) is 14.8. The average Bonchev–Trinajstić information content (AvgIpc) is 3.24. The fourth-order valence-corrected chi connectivity index (χ4v) is 3.96. The van der Waals surface area contributed by atoms with Gasteiger partial charge in [-0.05, 0) is 18.1 Å². The van der Waals surface area contributed by atoms with Crippen LogP contribution in [0, 0.1) is 11.3 Å². The quantitative estimate of drug-likeness (QED) is 0.917. The highest BCUT2D eigenvalue weighted by Gasteiger charge is 2.38. The molecule has 2 aromatic rings. The maximum Gasteiger partial charge on any atom is 0.268 e. The Bertz CT molecular complexity index is 839. The molecule has 1 amide bonds. The van der Waals surface area contributed by atoms with Crippen LogP contribution in [-0.4, -0.2) is 47.2 Å². The Morgan fingerprint density at radius 2 is 2.12 bits per heavy atom. The Labute approximate surface area is 153 Å². The summed E-state index contributed by atoms with van der Waals surface area (Å²) in [5.74, 6) is -0.126. The second-order valence-corrected chi connectivity index (χ2v) is 7.08. The third kappa shape index (κ3) is 3.24. The standard InChI is InChI=1S/C20H22N4O2/c1-23-10-14(9-21)7-18(23)20(25)22-16-8-17-13-26-19(12-24(17)11-16)15-5-3-2-4-6-15/h2-7,10,16-17,19H,8,11-13H2,1H3,(H,22,25)/t16-,17-,19+/m0/s1. The van der Waals surface area contributed by atoms with E-state index in [1.165, 1.54) is 5.56 Å². The minimum Gasteiger partial charge on any atom is -0.371 e. The van der Waals surface area contributed by atoms with Crippen LogP contribution in [0.4, 0.5) is 0 Å². The van der Waals surface area contributed by atoms with Crippen LogP contribution in [-0.2, 0) is 11.8 Å². The van der Waals surface area contributed by atoms with E-state index in [1.807, 2.05) is 18.2 Å². The van der Waals surface area contributed by atoms with Gasteiger partial charge in [0, 0.05) is 38.4 Å². The maximum atomic E-state index is 12.6. The first-order valence-corrected chi connectivity index (χ1v) is 8.92. The molecule has 0 bridgehead atoms. The van der Waals surface area contributed by atoms with E-state index in [1.54, 1.807) is 23.9 Å². The molecule has 1 aromatic heterocycles. The zero-order chi connectivity index (χ0) is 18.1. The minimum absolute atomic E-state index is 0.0907. The monoisotopic (exact) mass is 350 g/mol. The molecule has 6 heteroatoms. The lowest BCUT2D eigenvalue weighted by molar-refractivity contribution is -0.0502. The van der Waals surface area contributed by atoms with E-state index in [0.29, 0.717) is 23.9 Å². The Balaban J connectivity index is 1.38. The van der Waals surface area contributed by atoms with Crippen molar-refractivity contribution in [2.24, 2.45) is 7.05 Å². The van der Waals surface area contributed by atoms with Crippen LogP contribution in [0.15, 0.2) is 42.6 Å². The van der Waals surface area contributed by atoms with Crippen molar-refractivity contribution in [3.63, 3.8) is 0 Å². The summed E-state index contributed by atoms with van der Waals surface area (Å²) in [5.41, 5.74) is 2.22. The molecule has 134 valence electrons. The van der Waals surface area contributed by atoms with Crippen molar-refractivity contribution in [2.45, 2.75) is 24.6 Å². The number of ether oxygens (including phenoxy) is 1. The lowest BCUT2D eigenvalue weighted by atomic mass is 10.1. The van der Waals surface area contributed by atoms with Gasteiger partial charge in [0.15, 0.2) is 0 Å². The summed E-state index contributed by atoms with van der Waals surface area (Å²) in [5, 5.41) is 12.1. The Morgan fingerprint density at radius 3 is 2.85 bits per heavy atom. The molecule has 0 saturated carbocycles. The number of carbonyl (C=O) groups is 1. The summed E-state index contributed by atoms with van der Waals surface area (Å²) < 4.78 is 7.76. The average molecular weight is 350 g/mol. The Kier molecular flexibility index (Phi) is 4.49. The van der Waals surface area contributed by atoms with E-state index in [-0.39, 0.29) is 18.1 Å². The largest absolute Gasteiger partial charge is 0.371 e. The summed E-state index contributed by atoms with van der Waals surface area (Å²) >= 11 is 0.